The van der Waals surface area contributed by atoms with Crippen LogP contribution in [0.2, 0.25) is 5.02 Å². The Morgan fingerprint density at radius 3 is 2.60 bits per heavy atom. The van der Waals surface area contributed by atoms with E-state index in [1.807, 2.05) is 32.9 Å². The highest BCUT2D eigenvalue weighted by Crippen LogP contribution is 2.39. The lowest BCUT2D eigenvalue weighted by Crippen LogP contribution is -2.55. The molecule has 8 heteroatoms. The lowest BCUT2D eigenvalue weighted by Gasteiger charge is -2.42. The number of hydrogen-bond acceptors (Lipinski definition) is 3. The first-order valence-corrected chi connectivity index (χ1v) is 12.0. The van der Waals surface area contributed by atoms with Crippen LogP contribution in [0.15, 0.2) is 34.9 Å². The largest absolute Gasteiger partial charge is 0.481 e. The molecule has 0 aromatic heterocycles. The van der Waals surface area contributed by atoms with Gasteiger partial charge >= 0.3 is 12.0 Å². The third-order valence-corrected chi connectivity index (χ3v) is 8.30. The Kier molecular flexibility index (Phi) is 6.92. The summed E-state index contributed by atoms with van der Waals surface area (Å²) in [5.41, 5.74) is 0.973. The summed E-state index contributed by atoms with van der Waals surface area (Å²) in [5.74, 6) is -0.845. The summed E-state index contributed by atoms with van der Waals surface area (Å²) in [4.78, 5) is 25.7. The molecule has 2 aliphatic rings. The van der Waals surface area contributed by atoms with E-state index in [0.29, 0.717) is 9.92 Å². The molecule has 0 spiro atoms. The molecule has 1 aromatic rings. The third-order valence-electron chi connectivity index (χ3n) is 6.01. The molecule has 164 valence electrons. The van der Waals surface area contributed by atoms with Crippen LogP contribution >= 0.6 is 11.6 Å². The van der Waals surface area contributed by atoms with Crippen molar-refractivity contribution >= 4 is 34.4 Å². The van der Waals surface area contributed by atoms with Crippen LogP contribution in [0.1, 0.15) is 58.4 Å². The second-order valence-electron chi connectivity index (χ2n) is 8.48. The Morgan fingerprint density at radius 1 is 1.37 bits per heavy atom. The monoisotopic (exact) mass is 452 g/mol. The lowest BCUT2D eigenvalue weighted by atomic mass is 9.78. The van der Waals surface area contributed by atoms with Crippen LogP contribution in [0, 0.1) is 5.92 Å². The fourth-order valence-electron chi connectivity index (χ4n) is 4.32. The molecule has 1 aliphatic heterocycles. The molecule has 0 radical (unpaired) electrons. The number of carbonyl (C=O) groups excluding carboxylic acids is 1. The number of carbonyl (C=O) groups is 2. The molecule has 2 amide bonds. The Hall–Kier alpha value is -1.86. The number of amides is 2. The summed E-state index contributed by atoms with van der Waals surface area (Å²) in [6, 6.07) is 5.15. The zero-order chi connectivity index (χ0) is 22.1. The van der Waals surface area contributed by atoms with Gasteiger partial charge in [-0.15, -0.1) is 0 Å². The zero-order valence-electron chi connectivity index (χ0n) is 17.6. The summed E-state index contributed by atoms with van der Waals surface area (Å²) in [6.07, 6.45) is 5.77. The number of nitrogens with zero attached hydrogens (tertiary/aromatic N) is 1. The summed E-state index contributed by atoms with van der Waals surface area (Å²) in [7, 11) is -1.13. The van der Waals surface area contributed by atoms with Gasteiger partial charge in [-0.05, 0) is 49.0 Å². The predicted molar refractivity (Wildman–Crippen MR) is 118 cm³/mol. The minimum absolute atomic E-state index is 0.105. The van der Waals surface area contributed by atoms with Crippen LogP contribution in [0.3, 0.4) is 0 Å². The maximum atomic E-state index is 12.9. The van der Waals surface area contributed by atoms with E-state index in [0.717, 1.165) is 36.8 Å². The van der Waals surface area contributed by atoms with Crippen LogP contribution in [0.25, 0.3) is 0 Å². The Morgan fingerprint density at radius 2 is 2.03 bits per heavy atom. The van der Waals surface area contributed by atoms with Gasteiger partial charge in [0.2, 0.25) is 0 Å². The van der Waals surface area contributed by atoms with Gasteiger partial charge in [0.05, 0.1) is 32.7 Å². The number of rotatable bonds is 7. The van der Waals surface area contributed by atoms with E-state index in [1.165, 1.54) is 4.90 Å². The van der Waals surface area contributed by atoms with Gasteiger partial charge in [-0.3, -0.25) is 9.00 Å². The molecule has 1 unspecified atom stereocenters. The summed E-state index contributed by atoms with van der Waals surface area (Å²) >= 11 is 6.56. The van der Waals surface area contributed by atoms with Crippen molar-refractivity contribution in [1.29, 1.82) is 0 Å². The Balaban J connectivity index is 1.93. The van der Waals surface area contributed by atoms with Gasteiger partial charge in [-0.25, -0.2) is 4.79 Å². The quantitative estimate of drug-likeness (QED) is 0.630. The van der Waals surface area contributed by atoms with Crippen molar-refractivity contribution in [2.45, 2.75) is 68.6 Å². The molecule has 1 saturated carbocycles. The number of hydrogen-bond donors (Lipinski definition) is 2. The van der Waals surface area contributed by atoms with Crippen LogP contribution < -0.4 is 5.32 Å². The van der Waals surface area contributed by atoms with Crippen LogP contribution in [-0.2, 0) is 21.1 Å². The molecule has 1 fully saturated rings. The van der Waals surface area contributed by atoms with Gasteiger partial charge < -0.3 is 15.3 Å². The smallest absolute Gasteiger partial charge is 0.322 e. The minimum Gasteiger partial charge on any atom is -0.481 e. The number of aliphatic carboxylic acids is 1. The van der Waals surface area contributed by atoms with E-state index in [2.05, 4.69) is 5.32 Å². The van der Waals surface area contributed by atoms with E-state index in [1.54, 1.807) is 12.3 Å². The number of benzene rings is 1. The summed E-state index contributed by atoms with van der Waals surface area (Å²) < 4.78 is 12.9. The van der Waals surface area contributed by atoms with Gasteiger partial charge in [0.1, 0.15) is 0 Å². The summed E-state index contributed by atoms with van der Waals surface area (Å²) in [6.45, 7) is 6.09. The molecule has 2 N–H and O–H groups in total. The van der Waals surface area contributed by atoms with Crippen molar-refractivity contribution in [2.75, 3.05) is 6.54 Å². The van der Waals surface area contributed by atoms with Crippen molar-refractivity contribution < 1.29 is 18.9 Å². The molecule has 0 bridgehead atoms. The maximum Gasteiger partial charge on any atom is 0.322 e. The zero-order valence-corrected chi connectivity index (χ0v) is 19.2. The van der Waals surface area contributed by atoms with Crippen LogP contribution in [-0.4, -0.2) is 38.0 Å². The Labute approximate surface area is 185 Å². The third kappa shape index (κ3) is 4.57. The molecule has 1 aromatic carbocycles. The minimum atomic E-state index is -1.13. The second-order valence-corrected chi connectivity index (χ2v) is 10.6. The first-order chi connectivity index (χ1) is 14.1. The number of carboxylic acid groups (broad SMARTS) is 1. The molecule has 6 nitrogen and oxygen atoms in total. The highest BCUT2D eigenvalue weighted by Gasteiger charge is 2.40. The average Bonchev–Trinajstić information content (AvgIpc) is 3.21. The van der Waals surface area contributed by atoms with E-state index < -0.39 is 22.3 Å². The van der Waals surface area contributed by atoms with Gasteiger partial charge in [0.25, 0.3) is 0 Å². The van der Waals surface area contributed by atoms with E-state index in [-0.39, 0.29) is 30.2 Å². The normalized spacial score (nSPS) is 23.4. The first kappa shape index (κ1) is 22.8. The molecule has 1 aliphatic carbocycles. The molecular formula is C22H29ClN2O4S. The van der Waals surface area contributed by atoms with E-state index in [4.69, 9.17) is 16.7 Å². The van der Waals surface area contributed by atoms with Crippen molar-refractivity contribution in [2.24, 2.45) is 5.92 Å². The van der Waals surface area contributed by atoms with Crippen molar-refractivity contribution in [3.63, 3.8) is 0 Å². The average molecular weight is 453 g/mol. The first-order valence-electron chi connectivity index (χ1n) is 10.4. The maximum absolute atomic E-state index is 12.9. The van der Waals surface area contributed by atoms with Crippen molar-refractivity contribution in [3.05, 3.63) is 40.6 Å². The van der Waals surface area contributed by atoms with E-state index >= 15 is 0 Å². The number of nitrogens with one attached hydrogen (secondary N) is 1. The fourth-order valence-corrected chi connectivity index (χ4v) is 6.30. The predicted octanol–water partition coefficient (Wildman–Crippen LogP) is 4.65. The van der Waals surface area contributed by atoms with Crippen LogP contribution in [0.4, 0.5) is 4.79 Å². The molecular weight excluding hydrogens is 424 g/mol. The van der Waals surface area contributed by atoms with Gasteiger partial charge in [0.15, 0.2) is 0 Å². The molecule has 3 rings (SSSR count). The van der Waals surface area contributed by atoms with Crippen molar-refractivity contribution in [3.8, 4) is 0 Å². The van der Waals surface area contributed by atoms with E-state index in [9.17, 15) is 13.8 Å². The fraction of sp³-hybridized carbons (Fsp3) is 0.545. The van der Waals surface area contributed by atoms with Gasteiger partial charge in [-0.1, -0.05) is 44.4 Å². The highest BCUT2D eigenvalue weighted by atomic mass is 35.5. The molecule has 0 saturated heterocycles. The van der Waals surface area contributed by atoms with Crippen LogP contribution in [0.5, 0.6) is 0 Å². The van der Waals surface area contributed by atoms with Crippen molar-refractivity contribution in [1.82, 2.24) is 10.2 Å². The lowest BCUT2D eigenvalue weighted by molar-refractivity contribution is -0.137. The standard InChI is InChI=1S/C22H29ClN2O4S/c1-14(2)17-13-25(11-10-20(26)27)21(28)24-22(17,3)15-8-9-19(18(23)12-15)30(29)16-6-4-5-7-16/h8-9,12-14,16H,4-7,10-11H2,1-3H3,(H,24,28)(H,26,27)/t22-,30?/m0/s1. The highest BCUT2D eigenvalue weighted by molar-refractivity contribution is 7.85. The number of carboxylic acids is 1. The number of urea groups is 1. The SMILES string of the molecule is CC(C)C1=CN(CCC(=O)O)C(=O)N[C@@]1(C)c1ccc(S(=O)C2CCCC2)c(Cl)c1. The van der Waals surface area contributed by atoms with Gasteiger partial charge in [-0.2, -0.15) is 0 Å². The second kappa shape index (κ2) is 9.10. The Bertz CT molecular complexity index is 895. The topological polar surface area (TPSA) is 86.7 Å². The molecule has 1 heterocycles. The summed E-state index contributed by atoms with van der Waals surface area (Å²) in [5, 5.41) is 12.6. The molecule has 2 atom stereocenters. The molecule has 30 heavy (non-hydrogen) atoms. The number of halogens is 1. The van der Waals surface area contributed by atoms with Gasteiger partial charge in [0, 0.05) is 18.0 Å².